The highest BCUT2D eigenvalue weighted by molar-refractivity contribution is 7.91. The van der Waals surface area contributed by atoms with Crippen LogP contribution in [0.3, 0.4) is 0 Å². The van der Waals surface area contributed by atoms with Crippen LogP contribution in [0.15, 0.2) is 12.1 Å². The Morgan fingerprint density at radius 1 is 1.07 bits per heavy atom. The molecule has 30 heavy (non-hydrogen) atoms. The van der Waals surface area contributed by atoms with Gasteiger partial charge in [-0.3, -0.25) is 14.5 Å². The zero-order valence-corrected chi connectivity index (χ0v) is 17.9. The predicted octanol–water partition coefficient (Wildman–Crippen LogP) is -0.200. The van der Waals surface area contributed by atoms with Gasteiger partial charge >= 0.3 is 5.97 Å². The van der Waals surface area contributed by atoms with Crippen molar-refractivity contribution in [1.29, 1.82) is 0 Å². The van der Waals surface area contributed by atoms with Gasteiger partial charge in [-0.25, -0.2) is 18.4 Å². The lowest BCUT2D eigenvalue weighted by Crippen LogP contribution is -2.43. The van der Waals surface area contributed by atoms with Crippen molar-refractivity contribution >= 4 is 27.5 Å². The van der Waals surface area contributed by atoms with Gasteiger partial charge in [0.15, 0.2) is 16.4 Å². The van der Waals surface area contributed by atoms with E-state index >= 15 is 0 Å². The highest BCUT2D eigenvalue weighted by atomic mass is 32.2. The molecular formula is C18H24N6O5S. The van der Waals surface area contributed by atoms with Crippen LogP contribution in [0.1, 0.15) is 17.1 Å². The SMILES string of the molecule is Cc1cc(C)nc(-n2nc(C)cc2NC(=O)COC(=O)CN2CCS(=O)(=O)CC2)n1. The minimum Gasteiger partial charge on any atom is -0.455 e. The standard InChI is InChI=1S/C18H24N6O5S/c1-12-8-13(2)20-18(19-12)24-15(9-14(3)22-24)21-16(25)11-29-17(26)10-23-4-6-30(27,28)7-5-23/h8-9H,4-7,10-11H2,1-3H3,(H,21,25). The molecule has 3 rings (SSSR count). The predicted molar refractivity (Wildman–Crippen MR) is 108 cm³/mol. The molecule has 0 spiro atoms. The summed E-state index contributed by atoms with van der Waals surface area (Å²) < 4.78 is 29.3. The zero-order valence-electron chi connectivity index (χ0n) is 17.1. The van der Waals surface area contributed by atoms with Gasteiger partial charge in [-0.2, -0.15) is 9.78 Å². The molecule has 11 nitrogen and oxygen atoms in total. The van der Waals surface area contributed by atoms with E-state index in [0.29, 0.717) is 17.5 Å². The minimum absolute atomic E-state index is 0.0185. The number of nitrogens with one attached hydrogen (secondary N) is 1. The van der Waals surface area contributed by atoms with Crippen molar-refractivity contribution in [3.8, 4) is 5.95 Å². The molecule has 12 heteroatoms. The maximum atomic E-state index is 12.3. The van der Waals surface area contributed by atoms with Crippen LogP contribution in [-0.4, -0.2) is 82.7 Å². The zero-order chi connectivity index (χ0) is 21.9. The lowest BCUT2D eigenvalue weighted by Gasteiger charge is -2.25. The molecule has 0 aromatic carbocycles. The molecule has 1 amide bonds. The van der Waals surface area contributed by atoms with E-state index in [1.807, 2.05) is 19.9 Å². The van der Waals surface area contributed by atoms with Crippen LogP contribution in [0.4, 0.5) is 5.82 Å². The fourth-order valence-electron chi connectivity index (χ4n) is 3.00. The highest BCUT2D eigenvalue weighted by Gasteiger charge is 2.23. The van der Waals surface area contributed by atoms with E-state index < -0.39 is 28.3 Å². The second kappa shape index (κ2) is 8.88. The summed E-state index contributed by atoms with van der Waals surface area (Å²) in [6.45, 7) is 5.47. The van der Waals surface area contributed by atoms with Gasteiger partial charge in [-0.1, -0.05) is 0 Å². The van der Waals surface area contributed by atoms with Crippen molar-refractivity contribution in [3.05, 3.63) is 29.2 Å². The average Bonchev–Trinajstić information content (AvgIpc) is 3.01. The number of aryl methyl sites for hydroxylation is 3. The molecule has 2 aromatic rings. The lowest BCUT2D eigenvalue weighted by molar-refractivity contribution is -0.148. The molecule has 0 saturated carbocycles. The molecular weight excluding hydrogens is 412 g/mol. The molecule has 1 fully saturated rings. The van der Waals surface area contributed by atoms with Crippen molar-refractivity contribution in [2.24, 2.45) is 0 Å². The van der Waals surface area contributed by atoms with Crippen molar-refractivity contribution < 1.29 is 22.7 Å². The van der Waals surface area contributed by atoms with Gasteiger partial charge in [0.1, 0.15) is 5.82 Å². The Balaban J connectivity index is 1.56. The maximum Gasteiger partial charge on any atom is 0.320 e. The number of ether oxygens (including phenoxy) is 1. The summed E-state index contributed by atoms with van der Waals surface area (Å²) in [5.74, 6) is -0.399. The summed E-state index contributed by atoms with van der Waals surface area (Å²) in [5.41, 5.74) is 2.19. The molecule has 162 valence electrons. The first-order chi connectivity index (χ1) is 14.1. The van der Waals surface area contributed by atoms with Crippen molar-refractivity contribution in [2.75, 3.05) is 43.1 Å². The molecule has 1 saturated heterocycles. The van der Waals surface area contributed by atoms with Gasteiger partial charge in [0, 0.05) is 30.5 Å². The summed E-state index contributed by atoms with van der Waals surface area (Å²) in [6, 6.07) is 3.49. The number of esters is 1. The molecule has 0 bridgehead atoms. The molecule has 3 heterocycles. The highest BCUT2D eigenvalue weighted by Crippen LogP contribution is 2.15. The second-order valence-corrected chi connectivity index (χ2v) is 9.47. The number of rotatable bonds is 6. The van der Waals surface area contributed by atoms with Crippen LogP contribution >= 0.6 is 0 Å². The normalized spacial score (nSPS) is 16.2. The summed E-state index contributed by atoms with van der Waals surface area (Å²) in [5, 5.41) is 6.96. The molecule has 1 N–H and O–H groups in total. The average molecular weight is 436 g/mol. The summed E-state index contributed by atoms with van der Waals surface area (Å²) >= 11 is 0. The van der Waals surface area contributed by atoms with Gasteiger partial charge in [0.2, 0.25) is 0 Å². The van der Waals surface area contributed by atoms with Crippen LogP contribution in [0, 0.1) is 20.8 Å². The molecule has 1 aliphatic rings. The number of aromatic nitrogens is 4. The van der Waals surface area contributed by atoms with E-state index in [4.69, 9.17) is 4.74 Å². The first-order valence-corrected chi connectivity index (χ1v) is 11.2. The Kier molecular flexibility index (Phi) is 6.46. The number of hydrogen-bond donors (Lipinski definition) is 1. The number of carbonyl (C=O) groups excluding carboxylic acids is 2. The fraction of sp³-hybridized carbons (Fsp3) is 0.500. The fourth-order valence-corrected chi connectivity index (χ4v) is 4.28. The Labute approximate surface area is 174 Å². The van der Waals surface area contributed by atoms with E-state index in [-0.39, 0.29) is 31.1 Å². The number of hydrogen-bond acceptors (Lipinski definition) is 9. The third-order valence-corrected chi connectivity index (χ3v) is 6.02. The quantitative estimate of drug-likeness (QED) is 0.610. The number of nitrogens with zero attached hydrogens (tertiary/aromatic N) is 5. The largest absolute Gasteiger partial charge is 0.455 e. The van der Waals surface area contributed by atoms with E-state index in [2.05, 4.69) is 20.4 Å². The van der Waals surface area contributed by atoms with E-state index in [1.165, 1.54) is 4.68 Å². The first-order valence-electron chi connectivity index (χ1n) is 9.39. The van der Waals surface area contributed by atoms with Crippen molar-refractivity contribution in [2.45, 2.75) is 20.8 Å². The van der Waals surface area contributed by atoms with Crippen molar-refractivity contribution in [1.82, 2.24) is 24.6 Å². The number of sulfone groups is 1. The second-order valence-electron chi connectivity index (χ2n) is 7.17. The van der Waals surface area contributed by atoms with Gasteiger partial charge in [-0.05, 0) is 26.8 Å². The Morgan fingerprint density at radius 2 is 1.70 bits per heavy atom. The maximum absolute atomic E-state index is 12.3. The molecule has 0 radical (unpaired) electrons. The summed E-state index contributed by atoms with van der Waals surface area (Å²) in [4.78, 5) is 34.6. The van der Waals surface area contributed by atoms with Gasteiger partial charge < -0.3 is 10.1 Å². The Morgan fingerprint density at radius 3 is 2.33 bits per heavy atom. The molecule has 1 aliphatic heterocycles. The minimum atomic E-state index is -3.02. The van der Waals surface area contributed by atoms with Crippen LogP contribution in [0.25, 0.3) is 5.95 Å². The number of anilines is 1. The lowest BCUT2D eigenvalue weighted by atomic mass is 10.4. The summed E-state index contributed by atoms with van der Waals surface area (Å²) in [6.07, 6.45) is 0. The van der Waals surface area contributed by atoms with Crippen molar-refractivity contribution in [3.63, 3.8) is 0 Å². The number of carbonyl (C=O) groups is 2. The third kappa shape index (κ3) is 5.83. The molecule has 2 aromatic heterocycles. The third-order valence-electron chi connectivity index (χ3n) is 4.41. The van der Waals surface area contributed by atoms with Gasteiger partial charge in [0.05, 0.1) is 23.7 Å². The van der Waals surface area contributed by atoms with Gasteiger partial charge in [-0.15, -0.1) is 0 Å². The van der Waals surface area contributed by atoms with E-state index in [1.54, 1.807) is 17.9 Å². The van der Waals surface area contributed by atoms with Gasteiger partial charge in [0.25, 0.3) is 11.9 Å². The molecule has 0 unspecified atom stereocenters. The van der Waals surface area contributed by atoms with E-state index in [0.717, 1.165) is 11.4 Å². The van der Waals surface area contributed by atoms with E-state index in [9.17, 15) is 18.0 Å². The summed E-state index contributed by atoms with van der Waals surface area (Å²) in [7, 11) is -3.02. The first kappa shape index (κ1) is 21.8. The Hall–Kier alpha value is -2.86. The molecule has 0 aliphatic carbocycles. The monoisotopic (exact) mass is 436 g/mol. The van der Waals surface area contributed by atoms with Crippen LogP contribution in [0.5, 0.6) is 0 Å². The van der Waals surface area contributed by atoms with Crippen LogP contribution in [-0.2, 0) is 24.2 Å². The smallest absolute Gasteiger partial charge is 0.320 e. The molecule has 0 atom stereocenters. The van der Waals surface area contributed by atoms with Crippen LogP contribution < -0.4 is 5.32 Å². The number of amides is 1. The van der Waals surface area contributed by atoms with Crippen LogP contribution in [0.2, 0.25) is 0 Å². The Bertz CT molecular complexity index is 1030. The topological polar surface area (TPSA) is 136 Å².